The topological polar surface area (TPSA) is 199 Å². The van der Waals surface area contributed by atoms with Crippen molar-refractivity contribution in [2.75, 3.05) is 67.5 Å². The molecule has 0 bridgehead atoms. The summed E-state index contributed by atoms with van der Waals surface area (Å²) in [7, 11) is 0. The number of rotatable bonds is 11. The van der Waals surface area contributed by atoms with Gasteiger partial charge in [0.15, 0.2) is 11.6 Å². The van der Waals surface area contributed by atoms with Gasteiger partial charge in [0.1, 0.15) is 28.9 Å². The third kappa shape index (κ3) is 8.81. The summed E-state index contributed by atoms with van der Waals surface area (Å²) in [5.74, 6) is -2.48. The lowest BCUT2D eigenvalue weighted by Crippen LogP contribution is -2.54. The smallest absolute Gasteiger partial charge is 0.264 e. The number of anilines is 4. The first-order chi connectivity index (χ1) is 32.5. The molecule has 1 unspecified atom stereocenters. The van der Waals surface area contributed by atoms with Crippen LogP contribution in [0.3, 0.4) is 0 Å². The number of piperidine rings is 1. The monoisotopic (exact) mass is 930 g/mol. The van der Waals surface area contributed by atoms with Crippen molar-refractivity contribution in [1.29, 1.82) is 0 Å². The number of aryl methyl sites for hydroxylation is 1. The van der Waals surface area contributed by atoms with Gasteiger partial charge >= 0.3 is 0 Å². The lowest BCUT2D eigenvalue weighted by molar-refractivity contribution is -0.138. The summed E-state index contributed by atoms with van der Waals surface area (Å²) in [5.41, 5.74) is 2.16. The van der Waals surface area contributed by atoms with Crippen LogP contribution < -0.4 is 20.4 Å². The van der Waals surface area contributed by atoms with Crippen LogP contribution in [-0.4, -0.2) is 133 Å². The third-order valence-electron chi connectivity index (χ3n) is 13.1. The molecule has 20 heteroatoms. The Morgan fingerprint density at radius 2 is 1.50 bits per heavy atom. The van der Waals surface area contributed by atoms with Crippen LogP contribution in [-0.2, 0) is 19.2 Å². The molecular weight excluding hydrogens is 879 g/mol. The number of fused-ring (bicyclic) bond motifs is 2. The lowest BCUT2D eigenvalue weighted by Gasteiger charge is -2.39. The highest BCUT2D eigenvalue weighted by atomic mass is 19.1. The van der Waals surface area contributed by atoms with E-state index in [2.05, 4.69) is 35.5 Å². The number of nitrogens with one attached hydrogen (secondary N) is 2. The van der Waals surface area contributed by atoms with Crippen LogP contribution >= 0.6 is 0 Å². The highest BCUT2D eigenvalue weighted by Crippen LogP contribution is 2.36. The van der Waals surface area contributed by atoms with Gasteiger partial charge in [-0.15, -0.1) is 0 Å². The summed E-state index contributed by atoms with van der Waals surface area (Å²) in [6.45, 7) is 13.3. The average molecular weight is 931 g/mol. The first-order valence-electron chi connectivity index (χ1n) is 22.8. The lowest BCUT2D eigenvalue weighted by atomic mass is 9.84. The largest absolute Gasteiger partial charge is 0.367 e. The quantitative estimate of drug-likeness (QED) is 0.168. The molecule has 2 N–H and O–H groups in total. The average Bonchev–Trinajstić information content (AvgIpc) is 3.79. The predicted molar refractivity (Wildman–Crippen MR) is 247 cm³/mol. The number of carbonyl (C=O) groups excluding carboxylic acids is 6. The molecule has 6 amide bonds. The highest BCUT2D eigenvalue weighted by molar-refractivity contribution is 6.25. The van der Waals surface area contributed by atoms with E-state index in [1.807, 2.05) is 48.1 Å². The van der Waals surface area contributed by atoms with Gasteiger partial charge < -0.3 is 29.5 Å². The molecule has 7 heterocycles. The van der Waals surface area contributed by atoms with Gasteiger partial charge in [0.2, 0.25) is 29.6 Å². The van der Waals surface area contributed by atoms with Crippen molar-refractivity contribution >= 4 is 69.6 Å². The van der Waals surface area contributed by atoms with Gasteiger partial charge in [-0.1, -0.05) is 19.9 Å². The van der Waals surface area contributed by atoms with E-state index in [1.165, 1.54) is 6.07 Å². The number of benzene rings is 2. The first-order valence-corrected chi connectivity index (χ1v) is 22.8. The molecule has 68 heavy (non-hydrogen) atoms. The van der Waals surface area contributed by atoms with Crippen LogP contribution in [0.1, 0.15) is 86.0 Å². The molecule has 4 aliphatic heterocycles. The number of imidazole rings is 1. The Balaban J connectivity index is 0.750. The molecule has 0 spiro atoms. The Bertz CT molecular complexity index is 2870. The second kappa shape index (κ2) is 18.0. The highest BCUT2D eigenvalue weighted by Gasteiger charge is 2.46. The molecular formula is C48H52F2N12O6. The van der Waals surface area contributed by atoms with E-state index in [-0.39, 0.29) is 77.4 Å². The number of amides is 6. The fraction of sp³-hybridized carbons (Fsp3) is 0.417. The Kier molecular flexibility index (Phi) is 12.1. The number of piperazine rings is 2. The summed E-state index contributed by atoms with van der Waals surface area (Å²) in [6, 6.07) is 10.5. The molecule has 0 aliphatic carbocycles. The molecule has 9 rings (SSSR count). The second-order valence-electron chi connectivity index (χ2n) is 18.8. The molecule has 0 saturated carbocycles. The van der Waals surface area contributed by atoms with Crippen LogP contribution in [0, 0.1) is 24.0 Å². The van der Waals surface area contributed by atoms with Crippen molar-refractivity contribution in [2.24, 2.45) is 5.41 Å². The van der Waals surface area contributed by atoms with Crippen molar-refractivity contribution in [2.45, 2.75) is 72.4 Å². The van der Waals surface area contributed by atoms with Gasteiger partial charge in [0.25, 0.3) is 11.8 Å². The van der Waals surface area contributed by atoms with Crippen molar-refractivity contribution in [3.05, 3.63) is 83.4 Å². The first kappa shape index (κ1) is 45.8. The molecule has 2 aromatic carbocycles. The summed E-state index contributed by atoms with van der Waals surface area (Å²) in [4.78, 5) is 105. The molecule has 0 radical (unpaired) electrons. The van der Waals surface area contributed by atoms with E-state index in [9.17, 15) is 28.8 Å². The van der Waals surface area contributed by atoms with Crippen LogP contribution in [0.4, 0.5) is 31.9 Å². The normalized spacial score (nSPS) is 17.9. The SMILES string of the molecule is Cc1nc2c(F)cc(-c3nc(Nc4ccc(N5CCN(C(=O)CC(C)(C)CC(=O)N6CCN(c7cccc8c7C(=O)N(C7CCC(=O)NC7=O)C8=O)CC6)CC5)cn4)ncc3F)cc2n1C(C)C. The maximum absolute atomic E-state index is 15.2. The number of imide groups is 2. The van der Waals surface area contributed by atoms with E-state index in [1.54, 1.807) is 48.4 Å². The molecule has 3 saturated heterocycles. The van der Waals surface area contributed by atoms with E-state index in [4.69, 9.17) is 0 Å². The fourth-order valence-electron chi connectivity index (χ4n) is 9.73. The van der Waals surface area contributed by atoms with Crippen LogP contribution in [0.2, 0.25) is 0 Å². The van der Waals surface area contributed by atoms with Crippen LogP contribution in [0.5, 0.6) is 0 Å². The van der Waals surface area contributed by atoms with Crippen molar-refractivity contribution in [3.8, 4) is 11.3 Å². The van der Waals surface area contributed by atoms with Gasteiger partial charge in [-0.3, -0.25) is 39.0 Å². The van der Waals surface area contributed by atoms with Crippen molar-refractivity contribution in [3.63, 3.8) is 0 Å². The summed E-state index contributed by atoms with van der Waals surface area (Å²) in [5, 5.41) is 5.24. The van der Waals surface area contributed by atoms with Crippen molar-refractivity contribution < 1.29 is 37.5 Å². The minimum Gasteiger partial charge on any atom is -0.367 e. The van der Waals surface area contributed by atoms with Gasteiger partial charge in [-0.05, 0) is 69.0 Å². The summed E-state index contributed by atoms with van der Waals surface area (Å²) < 4.78 is 32.2. The summed E-state index contributed by atoms with van der Waals surface area (Å²) >= 11 is 0. The maximum atomic E-state index is 15.2. The fourth-order valence-corrected chi connectivity index (χ4v) is 9.73. The van der Waals surface area contributed by atoms with E-state index in [0.717, 1.165) is 16.8 Å². The predicted octanol–water partition coefficient (Wildman–Crippen LogP) is 5.00. The number of hydrogen-bond donors (Lipinski definition) is 2. The molecule has 1 atom stereocenters. The molecule has 5 aromatic rings. The third-order valence-corrected chi connectivity index (χ3v) is 13.1. The Morgan fingerprint density at radius 3 is 2.13 bits per heavy atom. The Morgan fingerprint density at radius 1 is 0.824 bits per heavy atom. The molecule has 18 nitrogen and oxygen atoms in total. The Labute approximate surface area is 390 Å². The molecule has 3 fully saturated rings. The van der Waals surface area contributed by atoms with E-state index < -0.39 is 46.7 Å². The number of pyridine rings is 1. The van der Waals surface area contributed by atoms with Crippen molar-refractivity contribution in [1.82, 2.24) is 44.5 Å². The molecule has 354 valence electrons. The zero-order chi connectivity index (χ0) is 48.2. The number of aromatic nitrogens is 5. The van der Waals surface area contributed by atoms with Gasteiger partial charge in [0, 0.05) is 83.2 Å². The van der Waals surface area contributed by atoms with Crippen LogP contribution in [0.25, 0.3) is 22.3 Å². The van der Waals surface area contributed by atoms with E-state index >= 15 is 8.78 Å². The van der Waals surface area contributed by atoms with Crippen LogP contribution in [0.15, 0.2) is 54.9 Å². The number of nitrogens with zero attached hydrogens (tertiary/aromatic N) is 10. The molecule has 3 aromatic heterocycles. The van der Waals surface area contributed by atoms with Gasteiger partial charge in [0.05, 0.1) is 40.4 Å². The van der Waals surface area contributed by atoms with E-state index in [0.29, 0.717) is 75.2 Å². The van der Waals surface area contributed by atoms with Gasteiger partial charge in [-0.25, -0.2) is 28.7 Å². The summed E-state index contributed by atoms with van der Waals surface area (Å²) in [6.07, 6.45) is 3.19. The molecule has 4 aliphatic rings. The zero-order valence-electron chi connectivity index (χ0n) is 38.5. The minimum atomic E-state index is -1.06. The Hall–Kier alpha value is -7.38. The standard InChI is InChI=1S/C48H52F2N12O6/c1-27(2)61-28(3)53-43-32(49)21-29(22-36(43)61)42-33(50)26-52-47(56-42)54-37-11-9-30(25-51-37)57-13-17-59(18-14-57)39(64)23-48(4,5)24-40(65)60-19-15-58(16-20-60)34-8-6-7-31-41(34)46(68)62(45(31)67)35-10-12-38(63)55-44(35)66/h6-9,11,21-22,25-27,35H,10,12-20,23-24H2,1-5H3,(H,55,63,66)(H,51,52,54,56). The second-order valence-corrected chi connectivity index (χ2v) is 18.8. The maximum Gasteiger partial charge on any atom is 0.264 e. The van der Waals surface area contributed by atoms with Gasteiger partial charge in [-0.2, -0.15) is 0 Å². The zero-order valence-corrected chi connectivity index (χ0v) is 38.5. The number of carbonyl (C=O) groups is 6. The number of hydrogen-bond acceptors (Lipinski definition) is 13. The number of halogens is 2. The minimum absolute atomic E-state index is 0.00904.